The Kier molecular flexibility index (Phi) is 59.3. The number of hydrogen-bond donors (Lipinski definition) is 3. The van der Waals surface area contributed by atoms with E-state index in [1.807, 2.05) is 0 Å². The van der Waals surface area contributed by atoms with E-state index in [4.69, 9.17) is 37.0 Å². The van der Waals surface area contributed by atoms with Crippen molar-refractivity contribution in [1.82, 2.24) is 0 Å². The molecule has 0 aromatic heterocycles. The third-order valence-electron chi connectivity index (χ3n) is 15.2. The molecule has 0 amide bonds. The van der Waals surface area contributed by atoms with Crippen molar-refractivity contribution in [3.63, 3.8) is 0 Å². The molecule has 17 nitrogen and oxygen atoms in total. The number of ether oxygens (including phenoxy) is 4. The molecule has 0 heterocycles. The monoisotopic (exact) mass is 1280 g/mol. The van der Waals surface area contributed by atoms with Gasteiger partial charge in [-0.2, -0.15) is 0 Å². The molecule has 19 heteroatoms. The largest absolute Gasteiger partial charge is 0.472 e. The molecule has 5 atom stereocenters. The Balaban J connectivity index is 5.28. The van der Waals surface area contributed by atoms with Crippen LogP contribution in [0.15, 0.2) is 24.3 Å². The number of hydrogen-bond acceptors (Lipinski definition) is 15. The number of allylic oxidation sites excluding steroid dienone is 4. The molecule has 3 N–H and O–H groups in total. The maximum Gasteiger partial charge on any atom is 0.472 e. The summed E-state index contributed by atoms with van der Waals surface area (Å²) < 4.78 is 68.1. The van der Waals surface area contributed by atoms with Gasteiger partial charge in [0.1, 0.15) is 19.3 Å². The van der Waals surface area contributed by atoms with Gasteiger partial charge in [0.05, 0.1) is 26.4 Å². The van der Waals surface area contributed by atoms with Crippen LogP contribution in [0.1, 0.15) is 324 Å². The fraction of sp³-hybridized carbons (Fsp3) is 0.882. The Morgan fingerprint density at radius 2 is 0.621 bits per heavy atom. The van der Waals surface area contributed by atoms with Crippen molar-refractivity contribution in [3.8, 4) is 0 Å². The van der Waals surface area contributed by atoms with Crippen LogP contribution in [0.4, 0.5) is 0 Å². The second-order valence-corrected chi connectivity index (χ2v) is 27.3. The Bertz CT molecular complexity index is 1780. The van der Waals surface area contributed by atoms with Crippen molar-refractivity contribution in [3.05, 3.63) is 24.3 Å². The van der Waals surface area contributed by atoms with Crippen molar-refractivity contribution in [2.45, 2.75) is 342 Å². The van der Waals surface area contributed by atoms with E-state index in [0.29, 0.717) is 31.6 Å². The van der Waals surface area contributed by atoms with Gasteiger partial charge in [0.2, 0.25) is 0 Å². The van der Waals surface area contributed by atoms with Gasteiger partial charge in [-0.25, -0.2) is 9.13 Å². The zero-order chi connectivity index (χ0) is 64.2. The SMILES string of the molecule is CCCCCC/C=C\C=C/CCCCCCCC(=O)O[C@H](COC(=O)CCCCCCCCCCCCC)COP(=O)(O)OC[C@@H](O)COP(=O)(O)OC[C@@H](COC(=O)CCCCCCCCCC(C)C)OC(=O)CCCCCCCCCCCCC. The predicted octanol–water partition coefficient (Wildman–Crippen LogP) is 18.9. The lowest BCUT2D eigenvalue weighted by Gasteiger charge is -2.21. The zero-order valence-electron chi connectivity index (χ0n) is 55.6. The molecule has 0 aliphatic carbocycles. The van der Waals surface area contributed by atoms with E-state index in [-0.39, 0.29) is 25.7 Å². The van der Waals surface area contributed by atoms with Gasteiger partial charge in [0.25, 0.3) is 0 Å². The van der Waals surface area contributed by atoms with Crippen molar-refractivity contribution in [2.75, 3.05) is 39.6 Å². The average molecular weight is 1280 g/mol. The predicted molar refractivity (Wildman–Crippen MR) is 349 cm³/mol. The van der Waals surface area contributed by atoms with E-state index < -0.39 is 97.5 Å². The van der Waals surface area contributed by atoms with Gasteiger partial charge < -0.3 is 33.8 Å². The van der Waals surface area contributed by atoms with Gasteiger partial charge >= 0.3 is 39.5 Å². The number of aliphatic hydroxyl groups excluding tert-OH is 1. The Morgan fingerprint density at radius 3 is 0.943 bits per heavy atom. The highest BCUT2D eigenvalue weighted by molar-refractivity contribution is 7.47. The number of unbranched alkanes of at least 4 members (excludes halogenated alkanes) is 35. The smallest absolute Gasteiger partial charge is 0.462 e. The summed E-state index contributed by atoms with van der Waals surface area (Å²) in [5.41, 5.74) is 0. The molecular formula is C68H128O17P2. The van der Waals surface area contributed by atoms with Gasteiger partial charge in [0.15, 0.2) is 12.2 Å². The highest BCUT2D eigenvalue weighted by Crippen LogP contribution is 2.45. The van der Waals surface area contributed by atoms with Crippen LogP contribution in [0.2, 0.25) is 0 Å². The van der Waals surface area contributed by atoms with Crippen LogP contribution in [0, 0.1) is 5.92 Å². The van der Waals surface area contributed by atoms with Crippen LogP contribution in [-0.4, -0.2) is 96.7 Å². The van der Waals surface area contributed by atoms with Gasteiger partial charge in [-0.15, -0.1) is 0 Å². The van der Waals surface area contributed by atoms with Crippen molar-refractivity contribution < 1.29 is 80.2 Å². The minimum atomic E-state index is -4.96. The number of phosphoric acid groups is 2. The van der Waals surface area contributed by atoms with Gasteiger partial charge in [0, 0.05) is 25.7 Å². The molecule has 0 aliphatic rings. The lowest BCUT2D eigenvalue weighted by atomic mass is 10.0. The number of rotatable bonds is 66. The topological polar surface area (TPSA) is 237 Å². The lowest BCUT2D eigenvalue weighted by Crippen LogP contribution is -2.30. The van der Waals surface area contributed by atoms with Crippen LogP contribution >= 0.6 is 15.6 Å². The molecule has 87 heavy (non-hydrogen) atoms. The quantitative estimate of drug-likeness (QED) is 0.0169. The number of aliphatic hydroxyl groups is 1. The summed E-state index contributed by atoms with van der Waals surface area (Å²) in [6.07, 6.45) is 49.3. The molecule has 0 aliphatic heterocycles. The van der Waals surface area contributed by atoms with Crippen molar-refractivity contribution in [2.24, 2.45) is 5.92 Å². The number of carbonyl (C=O) groups excluding carboxylic acids is 4. The van der Waals surface area contributed by atoms with Crippen LogP contribution < -0.4 is 0 Å². The first-order valence-corrected chi connectivity index (χ1v) is 37.9. The van der Waals surface area contributed by atoms with Gasteiger partial charge in [-0.05, 0) is 57.3 Å². The Hall–Kier alpha value is -2.46. The maximum absolute atomic E-state index is 13.0. The van der Waals surface area contributed by atoms with E-state index in [1.165, 1.54) is 128 Å². The van der Waals surface area contributed by atoms with E-state index in [9.17, 15) is 43.2 Å². The Morgan fingerprint density at radius 1 is 0.356 bits per heavy atom. The minimum Gasteiger partial charge on any atom is -0.462 e. The molecule has 0 aromatic carbocycles. The number of phosphoric ester groups is 2. The van der Waals surface area contributed by atoms with E-state index in [1.54, 1.807) is 0 Å². The molecule has 0 aromatic rings. The van der Waals surface area contributed by atoms with E-state index >= 15 is 0 Å². The molecule has 0 rings (SSSR count). The second kappa shape index (κ2) is 61.1. The molecule has 0 saturated heterocycles. The third-order valence-corrected chi connectivity index (χ3v) is 17.1. The highest BCUT2D eigenvalue weighted by Gasteiger charge is 2.30. The normalized spacial score (nSPS) is 14.3. The summed E-state index contributed by atoms with van der Waals surface area (Å²) in [7, 11) is -9.91. The molecule has 0 saturated carbocycles. The number of esters is 4. The summed E-state index contributed by atoms with van der Waals surface area (Å²) >= 11 is 0. The van der Waals surface area contributed by atoms with Crippen LogP contribution in [0.5, 0.6) is 0 Å². The average Bonchev–Trinajstić information content (AvgIpc) is 3.65. The highest BCUT2D eigenvalue weighted by atomic mass is 31.2. The minimum absolute atomic E-state index is 0.0852. The summed E-state index contributed by atoms with van der Waals surface area (Å²) in [6.45, 7) is 7.10. The van der Waals surface area contributed by atoms with Crippen molar-refractivity contribution in [1.29, 1.82) is 0 Å². The van der Waals surface area contributed by atoms with Gasteiger partial charge in [-0.1, -0.05) is 271 Å². The van der Waals surface area contributed by atoms with Crippen LogP contribution in [-0.2, 0) is 65.4 Å². The summed E-state index contributed by atoms with van der Waals surface area (Å²) in [6, 6.07) is 0. The molecular weight excluding hydrogens is 1150 g/mol. The summed E-state index contributed by atoms with van der Waals surface area (Å²) in [4.78, 5) is 72.4. The number of carbonyl (C=O) groups is 4. The fourth-order valence-electron chi connectivity index (χ4n) is 9.75. The first-order valence-electron chi connectivity index (χ1n) is 35.0. The summed E-state index contributed by atoms with van der Waals surface area (Å²) in [5.74, 6) is -1.45. The molecule has 0 bridgehead atoms. The first-order chi connectivity index (χ1) is 42.0. The summed E-state index contributed by atoms with van der Waals surface area (Å²) in [5, 5.41) is 10.6. The van der Waals surface area contributed by atoms with Crippen LogP contribution in [0.3, 0.4) is 0 Å². The van der Waals surface area contributed by atoms with E-state index in [0.717, 1.165) is 109 Å². The zero-order valence-corrected chi connectivity index (χ0v) is 57.4. The molecule has 2 unspecified atom stereocenters. The molecule has 512 valence electrons. The molecule has 0 radical (unpaired) electrons. The lowest BCUT2D eigenvalue weighted by molar-refractivity contribution is -0.161. The first kappa shape index (κ1) is 84.5. The molecule has 0 fully saturated rings. The second-order valence-electron chi connectivity index (χ2n) is 24.4. The van der Waals surface area contributed by atoms with Gasteiger partial charge in [-0.3, -0.25) is 37.3 Å². The Labute approximate surface area is 529 Å². The van der Waals surface area contributed by atoms with Crippen molar-refractivity contribution >= 4 is 39.5 Å². The standard InChI is InChI=1S/C68H128O17P2/c1-6-9-12-15-18-21-24-25-26-27-30-33-38-44-49-54-68(73)84-63(57-78-65(70)51-46-41-36-31-28-22-19-16-13-10-7-2)59-82-86(74,75)80-55-62(69)56-81-87(76,77)83-60-64(58-79-66(71)52-47-42-39-34-35-40-45-50-61(4)5)85-67(72)53-48-43-37-32-29-23-20-17-14-11-8-3/h21,24-26,61-64,69H,6-20,22-23,27-60H2,1-5H3,(H,74,75)(H,76,77)/b24-21-,26-25-/t62-,63-,64-/m1/s1. The van der Waals surface area contributed by atoms with E-state index in [2.05, 4.69) is 58.9 Å². The van der Waals surface area contributed by atoms with Crippen LogP contribution in [0.25, 0.3) is 0 Å². The molecule has 0 spiro atoms. The third kappa shape index (κ3) is 62.1. The fourth-order valence-corrected chi connectivity index (χ4v) is 11.3. The maximum atomic E-state index is 13.0.